The van der Waals surface area contributed by atoms with Gasteiger partial charge in [0.25, 0.3) is 0 Å². The number of aromatic nitrogens is 1. The maximum atomic E-state index is 13.8. The quantitative estimate of drug-likeness (QED) is 0.707. The first kappa shape index (κ1) is 19.1. The molecule has 2 saturated heterocycles. The number of hydrogen-bond donors (Lipinski definition) is 0. The minimum atomic E-state index is -4.78. The first-order chi connectivity index (χ1) is 12.6. The molecular weight excluding hydrogens is 384 g/mol. The van der Waals surface area contributed by atoms with E-state index in [2.05, 4.69) is 9.88 Å². The van der Waals surface area contributed by atoms with Crippen LogP contribution in [0.1, 0.15) is 49.3 Å². The van der Waals surface area contributed by atoms with E-state index in [4.69, 9.17) is 0 Å². The third kappa shape index (κ3) is 3.72. The summed E-state index contributed by atoms with van der Waals surface area (Å²) in [6, 6.07) is 1.35. The molecule has 0 atom stereocenters. The fourth-order valence-electron chi connectivity index (χ4n) is 5.07. The molecule has 3 aliphatic rings. The van der Waals surface area contributed by atoms with Crippen LogP contribution in [0.25, 0.3) is 0 Å². The van der Waals surface area contributed by atoms with E-state index in [1.54, 1.807) is 0 Å². The van der Waals surface area contributed by atoms with Crippen LogP contribution in [0.15, 0.2) is 12.3 Å². The van der Waals surface area contributed by atoms with E-state index in [-0.39, 0.29) is 11.3 Å². The molecule has 1 aromatic heterocycles. The monoisotopic (exact) mass is 406 g/mol. The molecule has 0 amide bonds. The molecular formula is C18H22F4N2O2S. The molecule has 1 aliphatic carbocycles. The van der Waals surface area contributed by atoms with Gasteiger partial charge in [0.1, 0.15) is 0 Å². The van der Waals surface area contributed by atoms with Crippen molar-refractivity contribution in [3.63, 3.8) is 0 Å². The average molecular weight is 406 g/mol. The lowest BCUT2D eigenvalue weighted by molar-refractivity contribution is -0.143. The predicted octanol–water partition coefficient (Wildman–Crippen LogP) is 3.39. The third-order valence-electron chi connectivity index (χ3n) is 6.34. The van der Waals surface area contributed by atoms with Crippen LogP contribution in [-0.4, -0.2) is 48.9 Å². The van der Waals surface area contributed by atoms with Gasteiger partial charge in [0.15, 0.2) is 21.3 Å². The van der Waals surface area contributed by atoms with Crippen LogP contribution in [0, 0.1) is 11.2 Å². The van der Waals surface area contributed by atoms with Gasteiger partial charge < -0.3 is 0 Å². The third-order valence-corrected chi connectivity index (χ3v) is 8.44. The molecule has 0 unspecified atom stereocenters. The van der Waals surface area contributed by atoms with Gasteiger partial charge in [-0.05, 0) is 56.2 Å². The van der Waals surface area contributed by atoms with Gasteiger partial charge >= 0.3 is 6.18 Å². The van der Waals surface area contributed by atoms with Crippen LogP contribution in [-0.2, 0) is 16.0 Å². The van der Waals surface area contributed by atoms with Gasteiger partial charge in [0, 0.05) is 24.2 Å². The normalized spacial score (nSPS) is 30.4. The van der Waals surface area contributed by atoms with Crippen molar-refractivity contribution in [1.29, 1.82) is 0 Å². The van der Waals surface area contributed by atoms with Crippen molar-refractivity contribution >= 4 is 9.84 Å². The molecule has 2 aliphatic heterocycles. The highest BCUT2D eigenvalue weighted by molar-refractivity contribution is 7.92. The molecule has 0 N–H and O–H groups in total. The highest BCUT2D eigenvalue weighted by Crippen LogP contribution is 2.44. The van der Waals surface area contributed by atoms with Gasteiger partial charge in [-0.1, -0.05) is 0 Å². The fourth-order valence-corrected chi connectivity index (χ4v) is 7.32. The summed E-state index contributed by atoms with van der Waals surface area (Å²) >= 11 is 0. The van der Waals surface area contributed by atoms with Crippen molar-refractivity contribution in [2.24, 2.45) is 5.41 Å². The number of alkyl halides is 3. The Kier molecular flexibility index (Phi) is 4.53. The largest absolute Gasteiger partial charge is 0.436 e. The molecule has 4 nitrogen and oxygen atoms in total. The zero-order valence-electron chi connectivity index (χ0n) is 14.8. The number of hydrogen-bond acceptors (Lipinski definition) is 4. The molecule has 1 saturated carbocycles. The van der Waals surface area contributed by atoms with E-state index in [9.17, 15) is 26.0 Å². The second-order valence-corrected chi connectivity index (χ2v) is 10.4. The summed E-state index contributed by atoms with van der Waals surface area (Å²) in [7, 11) is -2.84. The van der Waals surface area contributed by atoms with Crippen molar-refractivity contribution in [2.45, 2.75) is 50.2 Å². The topological polar surface area (TPSA) is 50.3 Å². The van der Waals surface area contributed by atoms with Gasteiger partial charge in [-0.25, -0.2) is 17.8 Å². The molecule has 3 heterocycles. The highest BCUT2D eigenvalue weighted by atomic mass is 32.2. The minimum Gasteiger partial charge on any atom is -0.300 e. The summed E-state index contributed by atoms with van der Waals surface area (Å²) in [6.45, 7) is 1.72. The molecule has 0 radical (unpaired) electrons. The molecule has 0 aromatic carbocycles. The molecule has 3 fully saturated rings. The number of pyridine rings is 1. The van der Waals surface area contributed by atoms with Gasteiger partial charge in [-0.3, -0.25) is 4.90 Å². The second-order valence-electron chi connectivity index (χ2n) is 8.36. The van der Waals surface area contributed by atoms with Crippen molar-refractivity contribution in [3.05, 3.63) is 29.3 Å². The summed E-state index contributed by atoms with van der Waals surface area (Å²) in [4.78, 5) is 5.68. The Balaban J connectivity index is 1.35. The SMILES string of the molecule is O=S1(=O)CC2(CCN([C@H]3CC[C@@H](c4cnc(C(F)(F)F)c(F)c4)CC3)C2)C1. The van der Waals surface area contributed by atoms with E-state index in [1.165, 1.54) is 0 Å². The van der Waals surface area contributed by atoms with Crippen LogP contribution >= 0.6 is 0 Å². The van der Waals surface area contributed by atoms with E-state index in [0.29, 0.717) is 23.1 Å². The van der Waals surface area contributed by atoms with E-state index < -0.39 is 27.5 Å². The molecule has 1 aromatic rings. The molecule has 9 heteroatoms. The summed E-state index contributed by atoms with van der Waals surface area (Å²) in [5.74, 6) is -0.703. The van der Waals surface area contributed by atoms with Crippen molar-refractivity contribution in [1.82, 2.24) is 9.88 Å². The van der Waals surface area contributed by atoms with Gasteiger partial charge in [-0.2, -0.15) is 13.2 Å². The second kappa shape index (κ2) is 6.40. The van der Waals surface area contributed by atoms with Crippen LogP contribution in [0.4, 0.5) is 17.6 Å². The lowest BCUT2D eigenvalue weighted by Gasteiger charge is -2.40. The van der Waals surface area contributed by atoms with E-state index >= 15 is 0 Å². The lowest BCUT2D eigenvalue weighted by atomic mass is 9.81. The van der Waals surface area contributed by atoms with Gasteiger partial charge in [-0.15, -0.1) is 0 Å². The number of likely N-dealkylation sites (tertiary alicyclic amines) is 1. The van der Waals surface area contributed by atoms with Crippen LogP contribution < -0.4 is 0 Å². The highest BCUT2D eigenvalue weighted by Gasteiger charge is 2.53. The summed E-state index contributed by atoms with van der Waals surface area (Å²) in [5, 5.41) is 0. The van der Waals surface area contributed by atoms with E-state index in [1.807, 2.05) is 0 Å². The maximum absolute atomic E-state index is 13.8. The molecule has 1 spiro atoms. The Labute approximate surface area is 155 Å². The summed E-state index contributed by atoms with van der Waals surface area (Å²) < 4.78 is 74.8. The maximum Gasteiger partial charge on any atom is 0.436 e. The predicted molar refractivity (Wildman–Crippen MR) is 91.5 cm³/mol. The van der Waals surface area contributed by atoms with Crippen LogP contribution in [0.2, 0.25) is 0 Å². The Morgan fingerprint density at radius 3 is 2.37 bits per heavy atom. The number of halogens is 4. The molecule has 4 rings (SSSR count). The zero-order chi connectivity index (χ0) is 19.4. The Bertz CT molecular complexity index is 820. The Morgan fingerprint density at radius 2 is 1.81 bits per heavy atom. The number of nitrogens with zero attached hydrogens (tertiary/aromatic N) is 2. The molecule has 27 heavy (non-hydrogen) atoms. The zero-order valence-corrected chi connectivity index (χ0v) is 15.6. The summed E-state index contributed by atoms with van der Waals surface area (Å²) in [5.41, 5.74) is -0.990. The standard InChI is InChI=1S/C18H22F4N2O2S/c19-15-7-13(8-23-16(15)18(20,21)22)12-1-3-14(4-2-12)24-6-5-17(9-24)10-27(25,26)11-17/h7-8,12,14H,1-6,9-11H2/t12-,14+. The number of sulfone groups is 1. The minimum absolute atomic E-state index is 0.0196. The first-order valence-electron chi connectivity index (χ1n) is 9.24. The van der Waals surface area contributed by atoms with Gasteiger partial charge in [0.2, 0.25) is 0 Å². The van der Waals surface area contributed by atoms with E-state index in [0.717, 1.165) is 57.5 Å². The van der Waals surface area contributed by atoms with Gasteiger partial charge in [0.05, 0.1) is 11.5 Å². The number of rotatable bonds is 2. The smallest absolute Gasteiger partial charge is 0.300 e. The Morgan fingerprint density at radius 1 is 1.15 bits per heavy atom. The average Bonchev–Trinajstić information content (AvgIpc) is 2.97. The molecule has 0 bridgehead atoms. The molecule has 150 valence electrons. The van der Waals surface area contributed by atoms with Crippen molar-refractivity contribution in [2.75, 3.05) is 24.6 Å². The van der Waals surface area contributed by atoms with Crippen molar-refractivity contribution < 1.29 is 26.0 Å². The lowest BCUT2D eigenvalue weighted by Crippen LogP contribution is -2.51. The van der Waals surface area contributed by atoms with Crippen LogP contribution in [0.3, 0.4) is 0 Å². The fraction of sp³-hybridized carbons (Fsp3) is 0.722. The van der Waals surface area contributed by atoms with Crippen molar-refractivity contribution in [3.8, 4) is 0 Å². The Hall–Kier alpha value is -1.22. The summed E-state index contributed by atoms with van der Waals surface area (Å²) in [6.07, 6.45) is 0.617. The van der Waals surface area contributed by atoms with Crippen LogP contribution in [0.5, 0.6) is 0 Å². The first-order valence-corrected chi connectivity index (χ1v) is 11.1.